The van der Waals surface area contributed by atoms with Gasteiger partial charge in [-0.05, 0) is 145 Å². The van der Waals surface area contributed by atoms with Crippen LogP contribution in [0.5, 0.6) is 5.75 Å². The summed E-state index contributed by atoms with van der Waals surface area (Å²) < 4.78 is 29.0. The summed E-state index contributed by atoms with van der Waals surface area (Å²) in [7, 11) is 3.51. The van der Waals surface area contributed by atoms with Crippen LogP contribution in [0.1, 0.15) is 151 Å². The molecule has 0 atom stereocenters. The maximum Gasteiger partial charge on any atom is 0.306 e. The molecule has 0 spiro atoms. The van der Waals surface area contributed by atoms with Gasteiger partial charge >= 0.3 is 5.97 Å². The van der Waals surface area contributed by atoms with Gasteiger partial charge in [-0.2, -0.15) is 0 Å². The van der Waals surface area contributed by atoms with E-state index in [2.05, 4.69) is 78.0 Å². The molecule has 3 fully saturated rings. The van der Waals surface area contributed by atoms with E-state index in [4.69, 9.17) is 36.9 Å². The molecule has 0 bridgehead atoms. The minimum atomic E-state index is -0.694. The standard InChI is InChI=1S/C25H28FN5O.C24H28N6O2.C23H25N5O2/c1-15(32)3-4-16-5-7-18(8-6-16)25-29-21(23-24(27)28-12-14-31(23)25)19-10-9-17-11-13-30(2)22(17)20(19)26;1-14(31)27-13-15-6-8-16(9-7-15)24-29-21(22-23(25)26-10-11-30(22)24)18-12-17-4-3-5-19(32-2)20(17)28-18;1-2-13-4-3-5-16-12-17(26-18(13)16)19-20-21(24)25-10-11-28(20)22(27-19)14-6-8-15(9-7-14)23(29)30/h9-14,16,18H,3-8H2,1-2H3,(H2,27,28);3-5,10-12,15-16,28H,6-9,13H2,1-2H3,(H2,25,26)(H,27,31);3-5,10-12,14-15,26H,2,6-9H2,1H3,(H2,24,25)(H,29,30). The van der Waals surface area contributed by atoms with E-state index in [0.717, 1.165) is 168 Å². The summed E-state index contributed by atoms with van der Waals surface area (Å²) >= 11 is 0. The van der Waals surface area contributed by atoms with Crippen LogP contribution in [0, 0.1) is 23.6 Å². The topological polar surface area (TPSA) is 298 Å². The molecule has 21 nitrogen and oxygen atoms in total. The summed E-state index contributed by atoms with van der Waals surface area (Å²) in [5.41, 5.74) is 29.5. The molecule has 15 rings (SSSR count). The second kappa shape index (κ2) is 26.5. The van der Waals surface area contributed by atoms with Crippen LogP contribution in [0.3, 0.4) is 0 Å². The molecule has 3 saturated carbocycles. The minimum absolute atomic E-state index is 0.0361. The molecular weight excluding hydrogens is 1190 g/mol. The zero-order chi connectivity index (χ0) is 65.5. The maximum atomic E-state index is 15.6. The Morgan fingerprint density at radius 1 is 0.617 bits per heavy atom. The molecule has 0 aliphatic heterocycles. The molecular formula is C72H81FN16O5. The minimum Gasteiger partial charge on any atom is -0.495 e. The van der Waals surface area contributed by atoms with E-state index in [0.29, 0.717) is 76.8 Å². The summed E-state index contributed by atoms with van der Waals surface area (Å²) in [6.45, 7) is 6.13. The fourth-order valence-corrected chi connectivity index (χ4v) is 14.9. The number of nitrogens with zero attached hydrogens (tertiary/aromatic N) is 10. The maximum absolute atomic E-state index is 15.6. The average molecular weight is 1270 g/mol. The zero-order valence-electron chi connectivity index (χ0n) is 53.8. The van der Waals surface area contributed by atoms with Gasteiger partial charge in [0.25, 0.3) is 0 Å². The number of hydrogen-bond donors (Lipinski definition) is 7. The number of Topliss-reactive ketones (excluding diaryl/α,β-unsaturated/α-hetero) is 1. The first kappa shape index (κ1) is 62.7. The first-order valence-corrected chi connectivity index (χ1v) is 32.9. The Labute approximate surface area is 542 Å². The average Bonchev–Trinajstić information content (AvgIpc) is 1.62. The number of aromatic nitrogens is 12. The van der Waals surface area contributed by atoms with Crippen molar-refractivity contribution in [1.82, 2.24) is 63.0 Å². The van der Waals surface area contributed by atoms with Gasteiger partial charge < -0.3 is 51.7 Å². The van der Waals surface area contributed by atoms with Crippen LogP contribution in [-0.4, -0.2) is 94.1 Å². The van der Waals surface area contributed by atoms with Crippen molar-refractivity contribution in [2.24, 2.45) is 24.8 Å². The number of amides is 1. The number of imidazole rings is 3. The smallest absolute Gasteiger partial charge is 0.306 e. The quantitative estimate of drug-likeness (QED) is 0.0533. The van der Waals surface area contributed by atoms with Gasteiger partial charge in [-0.3, -0.25) is 22.8 Å². The molecule has 3 aliphatic carbocycles. The van der Waals surface area contributed by atoms with E-state index in [9.17, 15) is 19.5 Å². The van der Waals surface area contributed by atoms with Crippen LogP contribution in [0.25, 0.3) is 83.3 Å². The highest BCUT2D eigenvalue weighted by molar-refractivity contribution is 5.96. The number of ketones is 1. The summed E-state index contributed by atoms with van der Waals surface area (Å²) in [6, 6.07) is 22.1. The van der Waals surface area contributed by atoms with Gasteiger partial charge in [0.2, 0.25) is 5.91 Å². The van der Waals surface area contributed by atoms with Crippen LogP contribution in [0.2, 0.25) is 0 Å². The molecule has 3 aromatic carbocycles. The van der Waals surface area contributed by atoms with Crippen molar-refractivity contribution in [1.29, 1.82) is 0 Å². The van der Waals surface area contributed by atoms with E-state index in [1.165, 1.54) is 5.56 Å². The number of rotatable bonds is 14. The molecule has 1 amide bonds. The Kier molecular flexibility index (Phi) is 17.7. The molecule has 94 heavy (non-hydrogen) atoms. The van der Waals surface area contributed by atoms with E-state index >= 15 is 4.39 Å². The second-order valence-electron chi connectivity index (χ2n) is 25.9. The highest BCUT2D eigenvalue weighted by Crippen LogP contribution is 2.44. The lowest BCUT2D eigenvalue weighted by Crippen LogP contribution is -2.29. The van der Waals surface area contributed by atoms with Crippen LogP contribution in [0.15, 0.2) is 110 Å². The Morgan fingerprint density at radius 2 is 1.12 bits per heavy atom. The van der Waals surface area contributed by atoms with E-state index in [1.807, 2.05) is 64.9 Å². The summed E-state index contributed by atoms with van der Waals surface area (Å²) in [4.78, 5) is 68.9. The lowest BCUT2D eigenvalue weighted by molar-refractivity contribution is -0.142. The van der Waals surface area contributed by atoms with Gasteiger partial charge in [-0.1, -0.05) is 43.3 Å². The number of carboxylic acids is 1. The number of aromatic amines is 2. The van der Waals surface area contributed by atoms with E-state index in [-0.39, 0.29) is 35.3 Å². The van der Waals surface area contributed by atoms with Crippen LogP contribution < -0.4 is 27.3 Å². The number of nitrogens with one attached hydrogen (secondary N) is 3. The first-order valence-electron chi connectivity index (χ1n) is 32.9. The van der Waals surface area contributed by atoms with Crippen LogP contribution in [0.4, 0.5) is 21.8 Å². The molecule has 22 heteroatoms. The molecule has 12 aromatic rings. The molecule has 0 unspecified atom stereocenters. The van der Waals surface area contributed by atoms with Gasteiger partial charge in [0.05, 0.1) is 35.4 Å². The number of para-hydroxylation sites is 2. The van der Waals surface area contributed by atoms with Crippen molar-refractivity contribution in [3.8, 4) is 39.8 Å². The van der Waals surface area contributed by atoms with Crippen LogP contribution in [-0.2, 0) is 27.9 Å². The summed E-state index contributed by atoms with van der Waals surface area (Å²) in [6.07, 6.45) is 26.6. The number of aliphatic carboxylic acids is 1. The lowest BCUT2D eigenvalue weighted by Gasteiger charge is -2.27. The first-order chi connectivity index (χ1) is 45.5. The van der Waals surface area contributed by atoms with Gasteiger partial charge in [-0.25, -0.2) is 34.3 Å². The van der Waals surface area contributed by atoms with E-state index < -0.39 is 5.97 Å². The van der Waals surface area contributed by atoms with Crippen molar-refractivity contribution < 1.29 is 28.6 Å². The predicted molar refractivity (Wildman–Crippen MR) is 365 cm³/mol. The Morgan fingerprint density at radius 3 is 1.64 bits per heavy atom. The third-order valence-corrected chi connectivity index (χ3v) is 19.9. The number of carbonyl (C=O) groups is 3. The van der Waals surface area contributed by atoms with Gasteiger partial charge in [-0.15, -0.1) is 0 Å². The number of benzene rings is 3. The van der Waals surface area contributed by atoms with Gasteiger partial charge in [0.1, 0.15) is 80.1 Å². The zero-order valence-corrected chi connectivity index (χ0v) is 53.8. The Bertz CT molecular complexity index is 4800. The fraction of sp³-hybridized carbons (Fsp3) is 0.375. The number of carbonyl (C=O) groups excluding carboxylic acids is 2. The monoisotopic (exact) mass is 1270 g/mol. The molecule has 0 radical (unpaired) electrons. The van der Waals surface area contributed by atoms with Crippen LogP contribution >= 0.6 is 0 Å². The third-order valence-electron chi connectivity index (χ3n) is 19.9. The molecule has 3 aliphatic rings. The number of nitrogens with two attached hydrogens (primary N) is 3. The number of carboxylic acid groups (broad SMARTS) is 1. The number of fused-ring (bicyclic) bond motifs is 6. The number of methoxy groups -OCH3 is 1. The van der Waals surface area contributed by atoms with E-state index in [1.54, 1.807) is 50.2 Å². The van der Waals surface area contributed by atoms with Crippen molar-refractivity contribution in [2.75, 3.05) is 30.9 Å². The summed E-state index contributed by atoms with van der Waals surface area (Å²) in [5.74, 6) is 5.91. The van der Waals surface area contributed by atoms with Crippen molar-refractivity contribution in [3.63, 3.8) is 0 Å². The molecule has 10 N–H and O–H groups in total. The SMILES string of the molecule is CC(=O)CCC1CCC(c2nc(-c3ccc4ccn(C)c4c3F)c3c(N)nccn23)CC1.CCc1cccc2cc(-c3nc(C4CCC(C(=O)O)CC4)n4ccnc(N)c34)[nH]c12.COc1cccc2cc(-c3nc(C4CCC(CNC(C)=O)CC4)n4ccnc(N)c34)[nH]c12. The molecule has 486 valence electrons. The van der Waals surface area contributed by atoms with Crippen molar-refractivity contribution in [3.05, 3.63) is 139 Å². The number of H-pyrrole nitrogens is 2. The largest absolute Gasteiger partial charge is 0.495 e. The number of ether oxygens (including phenoxy) is 1. The summed E-state index contributed by atoms with van der Waals surface area (Å²) in [5, 5.41) is 15.3. The number of hydrogen-bond acceptors (Lipinski definition) is 13. The number of nitrogen functional groups attached to an aromatic ring is 3. The number of halogens is 1. The normalized spacial score (nSPS) is 19.1. The van der Waals surface area contributed by atoms with Crippen molar-refractivity contribution >= 4 is 84.4 Å². The Balaban J connectivity index is 0.000000128. The number of aryl methyl sites for hydroxylation is 2. The van der Waals surface area contributed by atoms with Crippen molar-refractivity contribution in [2.45, 2.75) is 135 Å². The highest BCUT2D eigenvalue weighted by atomic mass is 19.1. The molecule has 9 aromatic heterocycles. The second-order valence-corrected chi connectivity index (χ2v) is 25.9. The molecule has 0 saturated heterocycles. The number of anilines is 3. The Hall–Kier alpha value is -10.1. The predicted octanol–water partition coefficient (Wildman–Crippen LogP) is 13.5. The van der Waals surface area contributed by atoms with Gasteiger partial charge in [0, 0.05) is 115 Å². The fourth-order valence-electron chi connectivity index (χ4n) is 14.9. The van der Waals surface area contributed by atoms with Gasteiger partial charge in [0.15, 0.2) is 5.82 Å². The highest BCUT2D eigenvalue weighted by Gasteiger charge is 2.33. The lowest BCUT2D eigenvalue weighted by atomic mass is 9.79. The third kappa shape index (κ3) is 12.2. The molecule has 9 heterocycles.